The van der Waals surface area contributed by atoms with Crippen LogP contribution in [0.5, 0.6) is 0 Å². The number of thioether (sulfide) groups is 1. The number of imidazole rings is 1. The van der Waals surface area contributed by atoms with Crippen molar-refractivity contribution < 1.29 is 9.72 Å². The molecule has 0 spiro atoms. The summed E-state index contributed by atoms with van der Waals surface area (Å²) in [5, 5.41) is 14.8. The van der Waals surface area contributed by atoms with Gasteiger partial charge in [-0.3, -0.25) is 14.9 Å². The average Bonchev–Trinajstić information content (AvgIpc) is 3.09. The maximum absolute atomic E-state index is 12.2. The standard InChI is InChI=1S/C18H15ClN4O3S/c19-16-7-2-1-4-13(16)11-22-9-8-20-18(22)27-12-17(24)21-14-5-3-6-15(10-14)23(25)26/h1-10H,11-12H2,(H,21,24). The predicted octanol–water partition coefficient (Wildman–Crippen LogP) is 4.22. The minimum absolute atomic E-state index is 0.0734. The number of aromatic nitrogens is 2. The van der Waals surface area contributed by atoms with Crippen LogP contribution in [0.15, 0.2) is 66.1 Å². The van der Waals surface area contributed by atoms with Crippen molar-refractivity contribution in [2.75, 3.05) is 11.1 Å². The van der Waals surface area contributed by atoms with E-state index in [1.54, 1.807) is 12.3 Å². The molecule has 138 valence electrons. The van der Waals surface area contributed by atoms with Crippen molar-refractivity contribution in [2.24, 2.45) is 0 Å². The molecule has 0 saturated heterocycles. The van der Waals surface area contributed by atoms with Crippen LogP contribution in [0.4, 0.5) is 11.4 Å². The number of benzene rings is 2. The summed E-state index contributed by atoms with van der Waals surface area (Å²) in [4.78, 5) is 26.7. The molecule has 1 heterocycles. The van der Waals surface area contributed by atoms with Gasteiger partial charge in [0.05, 0.1) is 17.2 Å². The lowest BCUT2D eigenvalue weighted by Crippen LogP contribution is -2.14. The lowest BCUT2D eigenvalue weighted by Gasteiger charge is -2.09. The summed E-state index contributed by atoms with van der Waals surface area (Å²) in [5.74, 6) is -0.143. The number of carbonyl (C=O) groups is 1. The number of amides is 1. The topological polar surface area (TPSA) is 90.1 Å². The van der Waals surface area contributed by atoms with E-state index in [1.807, 2.05) is 35.0 Å². The van der Waals surface area contributed by atoms with Crippen molar-refractivity contribution in [3.8, 4) is 0 Å². The fourth-order valence-electron chi connectivity index (χ4n) is 2.39. The predicted molar refractivity (Wildman–Crippen MR) is 105 cm³/mol. The summed E-state index contributed by atoms with van der Waals surface area (Å²) in [6.45, 7) is 0.550. The zero-order valence-corrected chi connectivity index (χ0v) is 15.6. The number of hydrogen-bond donors (Lipinski definition) is 1. The molecule has 9 heteroatoms. The van der Waals surface area contributed by atoms with Crippen LogP contribution in [0.25, 0.3) is 0 Å². The Bertz CT molecular complexity index is 977. The number of nitro benzene ring substituents is 1. The van der Waals surface area contributed by atoms with Gasteiger partial charge >= 0.3 is 0 Å². The maximum Gasteiger partial charge on any atom is 0.271 e. The Balaban J connectivity index is 1.60. The number of rotatable bonds is 7. The summed E-state index contributed by atoms with van der Waals surface area (Å²) in [6.07, 6.45) is 3.49. The number of nitrogens with one attached hydrogen (secondary N) is 1. The Morgan fingerprint density at radius 2 is 2.07 bits per heavy atom. The summed E-state index contributed by atoms with van der Waals surface area (Å²) < 4.78 is 1.91. The molecule has 0 aliphatic rings. The first kappa shape index (κ1) is 18.9. The van der Waals surface area contributed by atoms with E-state index >= 15 is 0 Å². The zero-order chi connectivity index (χ0) is 19.2. The second-order valence-corrected chi connectivity index (χ2v) is 6.92. The number of carbonyl (C=O) groups excluding carboxylic acids is 1. The molecule has 1 aromatic heterocycles. The van der Waals surface area contributed by atoms with Gasteiger partial charge in [0.15, 0.2) is 5.16 Å². The normalized spacial score (nSPS) is 10.6. The summed E-state index contributed by atoms with van der Waals surface area (Å²) in [6, 6.07) is 13.4. The zero-order valence-electron chi connectivity index (χ0n) is 14.0. The summed E-state index contributed by atoms with van der Waals surface area (Å²) >= 11 is 7.47. The molecule has 0 aliphatic carbocycles. The van der Waals surface area contributed by atoms with Crippen LogP contribution >= 0.6 is 23.4 Å². The van der Waals surface area contributed by atoms with Gasteiger partial charge in [0.2, 0.25) is 5.91 Å². The van der Waals surface area contributed by atoms with Gasteiger partial charge in [0, 0.05) is 35.2 Å². The highest BCUT2D eigenvalue weighted by Gasteiger charge is 2.11. The van der Waals surface area contributed by atoms with Crippen molar-refractivity contribution in [2.45, 2.75) is 11.7 Å². The average molecular weight is 403 g/mol. The molecule has 0 aliphatic heterocycles. The first-order valence-corrected chi connectivity index (χ1v) is 9.31. The van der Waals surface area contributed by atoms with Gasteiger partial charge in [0.25, 0.3) is 5.69 Å². The van der Waals surface area contributed by atoms with Crippen LogP contribution in [0, 0.1) is 10.1 Å². The van der Waals surface area contributed by atoms with E-state index in [-0.39, 0.29) is 17.3 Å². The number of nitro groups is 1. The third kappa shape index (κ3) is 5.08. The van der Waals surface area contributed by atoms with Crippen molar-refractivity contribution in [3.05, 3.63) is 81.6 Å². The van der Waals surface area contributed by atoms with Crippen LogP contribution in [0.2, 0.25) is 5.02 Å². The monoisotopic (exact) mass is 402 g/mol. The van der Waals surface area contributed by atoms with Crippen LogP contribution in [0.3, 0.4) is 0 Å². The van der Waals surface area contributed by atoms with Crippen molar-refractivity contribution >= 4 is 40.6 Å². The first-order chi connectivity index (χ1) is 13.0. The van der Waals surface area contributed by atoms with E-state index < -0.39 is 4.92 Å². The SMILES string of the molecule is O=C(CSc1nccn1Cc1ccccc1Cl)Nc1cccc([N+](=O)[O-])c1. The molecule has 2 aromatic carbocycles. The number of non-ortho nitro benzene ring substituents is 1. The summed E-state index contributed by atoms with van der Waals surface area (Å²) in [7, 11) is 0. The van der Waals surface area contributed by atoms with Gasteiger partial charge in [0.1, 0.15) is 0 Å². The molecule has 7 nitrogen and oxygen atoms in total. The van der Waals surface area contributed by atoms with E-state index in [0.29, 0.717) is 22.4 Å². The molecule has 27 heavy (non-hydrogen) atoms. The second kappa shape index (κ2) is 8.70. The van der Waals surface area contributed by atoms with Crippen molar-refractivity contribution in [3.63, 3.8) is 0 Å². The third-order valence-corrected chi connectivity index (χ3v) is 5.02. The second-order valence-electron chi connectivity index (χ2n) is 5.57. The number of halogens is 1. The Morgan fingerprint density at radius 3 is 2.85 bits per heavy atom. The van der Waals surface area contributed by atoms with Crippen LogP contribution in [0.1, 0.15) is 5.56 Å². The Kier molecular flexibility index (Phi) is 6.10. The minimum Gasteiger partial charge on any atom is -0.325 e. The molecule has 0 unspecified atom stereocenters. The van der Waals surface area contributed by atoms with Gasteiger partial charge in [-0.05, 0) is 17.7 Å². The smallest absolute Gasteiger partial charge is 0.271 e. The fourth-order valence-corrected chi connectivity index (χ4v) is 3.35. The highest BCUT2D eigenvalue weighted by Crippen LogP contribution is 2.22. The van der Waals surface area contributed by atoms with E-state index in [1.165, 1.54) is 30.0 Å². The van der Waals surface area contributed by atoms with Crippen molar-refractivity contribution in [1.82, 2.24) is 9.55 Å². The Labute approximate surface area is 164 Å². The van der Waals surface area contributed by atoms with Crippen LogP contribution in [-0.4, -0.2) is 26.1 Å². The molecule has 1 amide bonds. The summed E-state index contributed by atoms with van der Waals surface area (Å²) in [5.41, 5.74) is 1.27. The highest BCUT2D eigenvalue weighted by molar-refractivity contribution is 7.99. The third-order valence-electron chi connectivity index (χ3n) is 3.65. The molecule has 0 fully saturated rings. The number of hydrogen-bond acceptors (Lipinski definition) is 5. The van der Waals surface area contributed by atoms with Crippen LogP contribution in [-0.2, 0) is 11.3 Å². The molecule has 3 rings (SSSR count). The van der Waals surface area contributed by atoms with Gasteiger partial charge in [-0.1, -0.05) is 47.6 Å². The molecule has 1 N–H and O–H groups in total. The van der Waals surface area contributed by atoms with Gasteiger partial charge in [-0.15, -0.1) is 0 Å². The Morgan fingerprint density at radius 1 is 1.26 bits per heavy atom. The minimum atomic E-state index is -0.504. The Hall–Kier alpha value is -2.84. The quantitative estimate of drug-likeness (QED) is 0.363. The maximum atomic E-state index is 12.2. The lowest BCUT2D eigenvalue weighted by atomic mass is 10.2. The van der Waals surface area contributed by atoms with E-state index in [9.17, 15) is 14.9 Å². The molecule has 0 bridgehead atoms. The molecule has 0 radical (unpaired) electrons. The fraction of sp³-hybridized carbons (Fsp3) is 0.111. The number of anilines is 1. The highest BCUT2D eigenvalue weighted by atomic mass is 35.5. The molecule has 0 saturated carbocycles. The molecule has 0 atom stereocenters. The van der Waals surface area contributed by atoms with E-state index in [0.717, 1.165) is 5.56 Å². The lowest BCUT2D eigenvalue weighted by molar-refractivity contribution is -0.384. The molecular weight excluding hydrogens is 388 g/mol. The van der Waals surface area contributed by atoms with Gasteiger partial charge in [-0.25, -0.2) is 4.98 Å². The van der Waals surface area contributed by atoms with Crippen molar-refractivity contribution in [1.29, 1.82) is 0 Å². The van der Waals surface area contributed by atoms with Gasteiger partial charge in [-0.2, -0.15) is 0 Å². The van der Waals surface area contributed by atoms with E-state index in [2.05, 4.69) is 10.3 Å². The van der Waals surface area contributed by atoms with Crippen LogP contribution < -0.4 is 5.32 Å². The van der Waals surface area contributed by atoms with Gasteiger partial charge < -0.3 is 9.88 Å². The number of nitrogens with zero attached hydrogens (tertiary/aromatic N) is 3. The largest absolute Gasteiger partial charge is 0.325 e. The first-order valence-electron chi connectivity index (χ1n) is 7.94. The molecule has 3 aromatic rings. The van der Waals surface area contributed by atoms with E-state index in [4.69, 9.17) is 11.6 Å². The molecular formula is C18H15ClN4O3S.